The summed E-state index contributed by atoms with van der Waals surface area (Å²) >= 11 is 1.42. The number of phenols is 1. The number of rotatable bonds is 4. The number of hydrogen-bond acceptors (Lipinski definition) is 5. The van der Waals surface area contributed by atoms with Crippen LogP contribution in [0, 0.1) is 0 Å². The van der Waals surface area contributed by atoms with Gasteiger partial charge in [-0.3, -0.25) is 4.79 Å². The molecule has 7 heteroatoms. The Morgan fingerprint density at radius 2 is 1.84 bits per heavy atom. The van der Waals surface area contributed by atoms with Crippen LogP contribution in [0.25, 0.3) is 11.4 Å². The van der Waals surface area contributed by atoms with Crippen LogP contribution in [0.4, 0.5) is 0 Å². The minimum atomic E-state index is 0.166. The summed E-state index contributed by atoms with van der Waals surface area (Å²) < 4.78 is 1.88. The molecule has 1 aliphatic rings. The molecule has 6 nitrogen and oxygen atoms in total. The molecule has 2 aromatic rings. The first-order valence-electron chi connectivity index (χ1n) is 8.60. The zero-order valence-electron chi connectivity index (χ0n) is 14.8. The lowest BCUT2D eigenvalue weighted by Gasteiger charge is -2.39. The lowest BCUT2D eigenvalue weighted by atomic mass is 9.98. The fraction of sp³-hybridized carbons (Fsp3) is 0.500. The Morgan fingerprint density at radius 3 is 2.48 bits per heavy atom. The fourth-order valence-electron chi connectivity index (χ4n) is 3.42. The number of nitrogens with zero attached hydrogens (tertiary/aromatic N) is 4. The predicted octanol–water partition coefficient (Wildman–Crippen LogP) is 3.07. The summed E-state index contributed by atoms with van der Waals surface area (Å²) in [5.74, 6) is 1.47. The van der Waals surface area contributed by atoms with Gasteiger partial charge in [-0.2, -0.15) is 0 Å². The highest BCUT2D eigenvalue weighted by molar-refractivity contribution is 7.99. The molecule has 2 unspecified atom stereocenters. The van der Waals surface area contributed by atoms with Gasteiger partial charge in [0.05, 0.1) is 5.75 Å². The lowest BCUT2D eigenvalue weighted by Crippen LogP contribution is -2.48. The van der Waals surface area contributed by atoms with Gasteiger partial charge in [0.2, 0.25) is 5.91 Å². The van der Waals surface area contributed by atoms with Gasteiger partial charge in [0.15, 0.2) is 11.0 Å². The van der Waals surface area contributed by atoms with E-state index >= 15 is 0 Å². The molecule has 0 saturated carbocycles. The third-order valence-corrected chi connectivity index (χ3v) is 5.77. The number of phenolic OH excluding ortho intramolecular Hbond substituents is 1. The molecule has 1 aromatic heterocycles. The molecule has 1 amide bonds. The minimum absolute atomic E-state index is 0.166. The van der Waals surface area contributed by atoms with Crippen molar-refractivity contribution in [1.29, 1.82) is 0 Å². The van der Waals surface area contributed by atoms with E-state index in [0.717, 1.165) is 24.2 Å². The standard InChI is InChI=1S/C18H24N4O2S/c1-12-5-4-6-13(2)22(12)16(24)11-25-18-20-19-17(21(18)3)14-7-9-15(23)10-8-14/h7-10,12-13,23H,4-6,11H2,1-3H3. The Hall–Kier alpha value is -2.02. The Balaban J connectivity index is 1.68. The smallest absolute Gasteiger partial charge is 0.233 e. The van der Waals surface area contributed by atoms with Gasteiger partial charge in [0.25, 0.3) is 0 Å². The lowest BCUT2D eigenvalue weighted by molar-refractivity contribution is -0.134. The molecule has 0 spiro atoms. The molecular formula is C18H24N4O2S. The SMILES string of the molecule is CC1CCCC(C)N1C(=O)CSc1nnc(-c2ccc(O)cc2)n1C. The van der Waals surface area contributed by atoms with Crippen LogP contribution < -0.4 is 0 Å². The highest BCUT2D eigenvalue weighted by Crippen LogP contribution is 2.27. The number of aromatic hydroxyl groups is 1. The molecule has 134 valence electrons. The summed E-state index contributed by atoms with van der Waals surface area (Å²) in [6.07, 6.45) is 3.35. The zero-order chi connectivity index (χ0) is 18.0. The molecule has 1 aromatic carbocycles. The van der Waals surface area contributed by atoms with E-state index in [1.807, 2.05) is 16.5 Å². The molecule has 2 heterocycles. The average molecular weight is 360 g/mol. The second-order valence-electron chi connectivity index (χ2n) is 6.63. The quantitative estimate of drug-likeness (QED) is 0.849. The zero-order valence-corrected chi connectivity index (χ0v) is 15.7. The van der Waals surface area contributed by atoms with Crippen LogP contribution >= 0.6 is 11.8 Å². The van der Waals surface area contributed by atoms with Gasteiger partial charge in [0.1, 0.15) is 5.75 Å². The second-order valence-corrected chi connectivity index (χ2v) is 7.57. The molecule has 0 bridgehead atoms. The maximum Gasteiger partial charge on any atom is 0.233 e. The van der Waals surface area contributed by atoms with E-state index in [9.17, 15) is 9.90 Å². The van der Waals surface area contributed by atoms with E-state index in [4.69, 9.17) is 0 Å². The number of benzene rings is 1. The van der Waals surface area contributed by atoms with Crippen molar-refractivity contribution in [3.63, 3.8) is 0 Å². The molecule has 1 aliphatic heterocycles. The number of likely N-dealkylation sites (tertiary alicyclic amines) is 1. The van der Waals surface area contributed by atoms with Crippen LogP contribution in [-0.4, -0.2) is 48.5 Å². The number of piperidine rings is 1. The first-order chi connectivity index (χ1) is 12.0. The minimum Gasteiger partial charge on any atom is -0.508 e. The first kappa shape index (κ1) is 17.8. The highest BCUT2D eigenvalue weighted by Gasteiger charge is 2.29. The van der Waals surface area contributed by atoms with Crippen LogP contribution in [0.15, 0.2) is 29.4 Å². The third kappa shape index (κ3) is 3.81. The van der Waals surface area contributed by atoms with Gasteiger partial charge in [-0.1, -0.05) is 11.8 Å². The maximum absolute atomic E-state index is 12.6. The van der Waals surface area contributed by atoms with Crippen molar-refractivity contribution in [1.82, 2.24) is 19.7 Å². The number of carbonyl (C=O) groups excluding carboxylic acids is 1. The molecule has 2 atom stereocenters. The molecule has 3 rings (SSSR count). The summed E-state index contributed by atoms with van der Waals surface area (Å²) in [6, 6.07) is 7.47. The van der Waals surface area contributed by atoms with Crippen molar-refractivity contribution in [2.24, 2.45) is 7.05 Å². The molecule has 25 heavy (non-hydrogen) atoms. The van der Waals surface area contributed by atoms with Gasteiger partial charge in [0, 0.05) is 24.7 Å². The Kier molecular flexibility index (Phi) is 5.32. The fourth-order valence-corrected chi connectivity index (χ4v) is 4.20. The largest absolute Gasteiger partial charge is 0.508 e. The number of thioether (sulfide) groups is 1. The first-order valence-corrected chi connectivity index (χ1v) is 9.58. The normalized spacial score (nSPS) is 20.7. The van der Waals surface area contributed by atoms with Crippen molar-refractivity contribution in [3.05, 3.63) is 24.3 Å². The number of carbonyl (C=O) groups is 1. The molecule has 1 N–H and O–H groups in total. The van der Waals surface area contributed by atoms with Crippen molar-refractivity contribution < 1.29 is 9.90 Å². The molecule has 1 fully saturated rings. The average Bonchev–Trinajstić information content (AvgIpc) is 2.94. The van der Waals surface area contributed by atoms with E-state index in [0.29, 0.717) is 23.0 Å². The predicted molar refractivity (Wildman–Crippen MR) is 98.4 cm³/mol. The Bertz CT molecular complexity index is 734. The van der Waals surface area contributed by atoms with E-state index in [-0.39, 0.29) is 11.7 Å². The van der Waals surface area contributed by atoms with Crippen molar-refractivity contribution in [2.75, 3.05) is 5.75 Å². The van der Waals surface area contributed by atoms with Gasteiger partial charge in [-0.15, -0.1) is 10.2 Å². The molecule has 0 radical (unpaired) electrons. The van der Waals surface area contributed by atoms with Crippen molar-refractivity contribution >= 4 is 17.7 Å². The van der Waals surface area contributed by atoms with Crippen LogP contribution in [0.3, 0.4) is 0 Å². The van der Waals surface area contributed by atoms with Crippen molar-refractivity contribution in [2.45, 2.75) is 50.4 Å². The Morgan fingerprint density at radius 1 is 1.20 bits per heavy atom. The summed E-state index contributed by atoms with van der Waals surface area (Å²) in [5, 5.41) is 18.6. The molecular weight excluding hydrogens is 336 g/mol. The van der Waals surface area contributed by atoms with E-state index in [2.05, 4.69) is 24.0 Å². The van der Waals surface area contributed by atoms with Crippen LogP contribution in [0.2, 0.25) is 0 Å². The summed E-state index contributed by atoms with van der Waals surface area (Å²) in [4.78, 5) is 14.7. The van der Waals surface area contributed by atoms with Gasteiger partial charge in [-0.25, -0.2) is 0 Å². The molecule has 0 aliphatic carbocycles. The monoisotopic (exact) mass is 360 g/mol. The summed E-state index contributed by atoms with van der Waals surface area (Å²) in [6.45, 7) is 4.26. The number of aromatic nitrogens is 3. The van der Waals surface area contributed by atoms with Gasteiger partial charge >= 0.3 is 0 Å². The number of hydrogen-bond donors (Lipinski definition) is 1. The summed E-state index contributed by atoms with van der Waals surface area (Å²) in [7, 11) is 1.89. The van der Waals surface area contributed by atoms with Crippen molar-refractivity contribution in [3.8, 4) is 17.1 Å². The third-order valence-electron chi connectivity index (χ3n) is 4.77. The van der Waals surface area contributed by atoms with E-state index in [1.54, 1.807) is 24.3 Å². The number of amides is 1. The van der Waals surface area contributed by atoms with Gasteiger partial charge in [-0.05, 0) is 57.4 Å². The Labute approximate surface area is 152 Å². The van der Waals surface area contributed by atoms with Crippen LogP contribution in [0.5, 0.6) is 5.75 Å². The van der Waals surface area contributed by atoms with Crippen LogP contribution in [-0.2, 0) is 11.8 Å². The van der Waals surface area contributed by atoms with Gasteiger partial charge < -0.3 is 14.6 Å². The van der Waals surface area contributed by atoms with Crippen LogP contribution in [0.1, 0.15) is 33.1 Å². The maximum atomic E-state index is 12.6. The van der Waals surface area contributed by atoms with E-state index < -0.39 is 0 Å². The molecule has 1 saturated heterocycles. The topological polar surface area (TPSA) is 71.2 Å². The second kappa shape index (κ2) is 7.47. The highest BCUT2D eigenvalue weighted by atomic mass is 32.2. The van der Waals surface area contributed by atoms with E-state index in [1.165, 1.54) is 18.2 Å². The summed E-state index contributed by atoms with van der Waals surface area (Å²) in [5.41, 5.74) is 0.879.